The second-order valence-corrected chi connectivity index (χ2v) is 7.22. The number of fused-ring (bicyclic) bond motifs is 1. The molecule has 0 aromatic carbocycles. The SMILES string of the molecule is CC1(C)CCCCC1NC(=O)C1CC2CC2C1. The van der Waals surface area contributed by atoms with Gasteiger partial charge in [0.2, 0.25) is 5.91 Å². The molecule has 3 fully saturated rings. The quantitative estimate of drug-likeness (QED) is 0.783. The Hall–Kier alpha value is -0.530. The normalized spacial score (nSPS) is 42.9. The van der Waals surface area contributed by atoms with E-state index in [1.807, 2.05) is 0 Å². The van der Waals surface area contributed by atoms with Crippen LogP contribution in [0.25, 0.3) is 0 Å². The van der Waals surface area contributed by atoms with E-state index in [-0.39, 0.29) is 0 Å². The molecule has 96 valence electrons. The van der Waals surface area contributed by atoms with E-state index in [1.54, 1.807) is 0 Å². The van der Waals surface area contributed by atoms with Crippen molar-refractivity contribution in [3.63, 3.8) is 0 Å². The molecule has 0 aromatic heterocycles. The Bertz CT molecular complexity index is 313. The van der Waals surface area contributed by atoms with E-state index in [1.165, 1.54) is 44.9 Å². The molecule has 3 unspecified atom stereocenters. The van der Waals surface area contributed by atoms with Crippen LogP contribution in [0.3, 0.4) is 0 Å². The Morgan fingerprint density at radius 3 is 2.47 bits per heavy atom. The van der Waals surface area contributed by atoms with Crippen LogP contribution in [0, 0.1) is 23.2 Å². The zero-order valence-electron chi connectivity index (χ0n) is 11.2. The van der Waals surface area contributed by atoms with Gasteiger partial charge in [0.15, 0.2) is 0 Å². The lowest BCUT2D eigenvalue weighted by molar-refractivity contribution is -0.127. The third kappa shape index (κ3) is 2.23. The minimum Gasteiger partial charge on any atom is -0.353 e. The van der Waals surface area contributed by atoms with E-state index >= 15 is 0 Å². The molecular formula is C15H25NO. The van der Waals surface area contributed by atoms with Gasteiger partial charge in [-0.3, -0.25) is 4.79 Å². The molecule has 0 heterocycles. The Labute approximate surface area is 105 Å². The number of nitrogens with one attached hydrogen (secondary N) is 1. The maximum absolute atomic E-state index is 12.3. The Balaban J connectivity index is 1.56. The maximum Gasteiger partial charge on any atom is 0.223 e. The van der Waals surface area contributed by atoms with Gasteiger partial charge in [0.05, 0.1) is 0 Å². The first kappa shape index (κ1) is 11.6. The van der Waals surface area contributed by atoms with Crippen molar-refractivity contribution in [2.45, 2.75) is 64.8 Å². The molecule has 0 saturated heterocycles. The van der Waals surface area contributed by atoms with Crippen molar-refractivity contribution in [2.75, 3.05) is 0 Å². The molecule has 3 aliphatic carbocycles. The van der Waals surface area contributed by atoms with Crippen LogP contribution in [-0.4, -0.2) is 11.9 Å². The summed E-state index contributed by atoms with van der Waals surface area (Å²) in [5, 5.41) is 3.35. The van der Waals surface area contributed by atoms with E-state index in [9.17, 15) is 4.79 Å². The highest BCUT2D eigenvalue weighted by Gasteiger charge is 2.48. The monoisotopic (exact) mass is 235 g/mol. The Morgan fingerprint density at radius 2 is 1.82 bits per heavy atom. The van der Waals surface area contributed by atoms with Gasteiger partial charge in [-0.25, -0.2) is 0 Å². The van der Waals surface area contributed by atoms with Crippen molar-refractivity contribution < 1.29 is 4.79 Å². The van der Waals surface area contributed by atoms with E-state index < -0.39 is 0 Å². The van der Waals surface area contributed by atoms with E-state index in [4.69, 9.17) is 0 Å². The van der Waals surface area contributed by atoms with Crippen LogP contribution in [0.2, 0.25) is 0 Å². The lowest BCUT2D eigenvalue weighted by Gasteiger charge is -2.39. The number of hydrogen-bond donors (Lipinski definition) is 1. The summed E-state index contributed by atoms with van der Waals surface area (Å²) in [6, 6.07) is 0.417. The van der Waals surface area contributed by atoms with Gasteiger partial charge in [0.1, 0.15) is 0 Å². The predicted octanol–water partition coefficient (Wildman–Crippen LogP) is 3.12. The van der Waals surface area contributed by atoms with Gasteiger partial charge in [-0.05, 0) is 49.4 Å². The lowest BCUT2D eigenvalue weighted by Crippen LogP contribution is -2.48. The zero-order chi connectivity index (χ0) is 12.0. The third-order valence-corrected chi connectivity index (χ3v) is 5.44. The predicted molar refractivity (Wildman–Crippen MR) is 68.5 cm³/mol. The topological polar surface area (TPSA) is 29.1 Å². The molecule has 0 bridgehead atoms. The summed E-state index contributed by atoms with van der Waals surface area (Å²) in [6.45, 7) is 4.62. The first-order chi connectivity index (χ1) is 8.06. The van der Waals surface area contributed by atoms with E-state index in [0.717, 1.165) is 11.8 Å². The molecule has 0 aliphatic heterocycles. The van der Waals surface area contributed by atoms with Gasteiger partial charge in [0, 0.05) is 12.0 Å². The molecule has 3 atom stereocenters. The highest BCUT2D eigenvalue weighted by Crippen LogP contribution is 2.54. The van der Waals surface area contributed by atoms with Crippen molar-refractivity contribution in [3.8, 4) is 0 Å². The van der Waals surface area contributed by atoms with Gasteiger partial charge >= 0.3 is 0 Å². The Morgan fingerprint density at radius 1 is 1.12 bits per heavy atom. The molecule has 2 nitrogen and oxygen atoms in total. The Kier molecular flexibility index (Phi) is 2.72. The minimum absolute atomic E-state index is 0.301. The molecule has 0 radical (unpaired) electrons. The van der Waals surface area contributed by atoms with Crippen molar-refractivity contribution in [1.82, 2.24) is 5.32 Å². The van der Waals surface area contributed by atoms with E-state index in [2.05, 4.69) is 19.2 Å². The summed E-state index contributed by atoms with van der Waals surface area (Å²) in [4.78, 5) is 12.3. The molecule has 17 heavy (non-hydrogen) atoms. The summed E-state index contributed by atoms with van der Waals surface area (Å²) in [5.41, 5.74) is 0.301. The molecule has 1 amide bonds. The first-order valence-corrected chi connectivity index (χ1v) is 7.36. The molecule has 0 spiro atoms. The average molecular weight is 235 g/mol. The first-order valence-electron chi connectivity index (χ1n) is 7.36. The van der Waals surface area contributed by atoms with Crippen molar-refractivity contribution in [3.05, 3.63) is 0 Å². The number of hydrogen-bond acceptors (Lipinski definition) is 1. The molecule has 2 heteroatoms. The van der Waals surface area contributed by atoms with Crippen LogP contribution >= 0.6 is 0 Å². The van der Waals surface area contributed by atoms with Crippen LogP contribution in [0.1, 0.15) is 58.8 Å². The molecule has 0 aromatic rings. The summed E-state index contributed by atoms with van der Waals surface area (Å²) >= 11 is 0. The van der Waals surface area contributed by atoms with E-state index in [0.29, 0.717) is 23.3 Å². The lowest BCUT2D eigenvalue weighted by atomic mass is 9.73. The molecular weight excluding hydrogens is 210 g/mol. The van der Waals surface area contributed by atoms with Crippen molar-refractivity contribution in [1.29, 1.82) is 0 Å². The second kappa shape index (κ2) is 4.00. The average Bonchev–Trinajstić information content (AvgIpc) is 2.88. The molecule has 1 N–H and O–H groups in total. The highest BCUT2D eigenvalue weighted by atomic mass is 16.2. The third-order valence-electron chi connectivity index (χ3n) is 5.44. The van der Waals surface area contributed by atoms with Gasteiger partial charge < -0.3 is 5.32 Å². The van der Waals surface area contributed by atoms with Gasteiger partial charge in [0.25, 0.3) is 0 Å². The zero-order valence-corrected chi connectivity index (χ0v) is 11.2. The van der Waals surface area contributed by atoms with Crippen LogP contribution in [0.4, 0.5) is 0 Å². The van der Waals surface area contributed by atoms with Gasteiger partial charge in [-0.15, -0.1) is 0 Å². The fraction of sp³-hybridized carbons (Fsp3) is 0.933. The summed E-state index contributed by atoms with van der Waals surface area (Å²) in [6.07, 6.45) is 8.79. The standard InChI is InChI=1S/C15H25NO/c1-15(2)6-4-3-5-13(15)16-14(17)12-8-10-7-11(10)9-12/h10-13H,3-9H2,1-2H3,(H,16,17). The summed E-state index contributed by atoms with van der Waals surface area (Å²) < 4.78 is 0. The number of rotatable bonds is 2. The fourth-order valence-corrected chi connectivity index (χ4v) is 3.98. The number of carbonyl (C=O) groups excluding carboxylic acids is 1. The molecule has 3 rings (SSSR count). The van der Waals surface area contributed by atoms with Crippen LogP contribution in [0.15, 0.2) is 0 Å². The fourth-order valence-electron chi connectivity index (χ4n) is 3.98. The summed E-state index contributed by atoms with van der Waals surface area (Å²) in [7, 11) is 0. The van der Waals surface area contributed by atoms with Gasteiger partial charge in [-0.1, -0.05) is 26.7 Å². The maximum atomic E-state index is 12.3. The largest absolute Gasteiger partial charge is 0.353 e. The van der Waals surface area contributed by atoms with Gasteiger partial charge in [-0.2, -0.15) is 0 Å². The van der Waals surface area contributed by atoms with Crippen LogP contribution in [0.5, 0.6) is 0 Å². The smallest absolute Gasteiger partial charge is 0.223 e. The number of carbonyl (C=O) groups is 1. The highest BCUT2D eigenvalue weighted by molar-refractivity contribution is 5.79. The second-order valence-electron chi connectivity index (χ2n) is 7.22. The van der Waals surface area contributed by atoms with Crippen molar-refractivity contribution in [2.24, 2.45) is 23.2 Å². The van der Waals surface area contributed by atoms with Crippen LogP contribution < -0.4 is 5.32 Å². The minimum atomic E-state index is 0.301. The van der Waals surface area contributed by atoms with Crippen LogP contribution in [-0.2, 0) is 4.79 Å². The molecule has 3 saturated carbocycles. The van der Waals surface area contributed by atoms with Crippen molar-refractivity contribution >= 4 is 5.91 Å². The number of amides is 1. The summed E-state index contributed by atoms with van der Waals surface area (Å²) in [5.74, 6) is 2.52. The molecule has 3 aliphatic rings.